The quantitative estimate of drug-likeness (QED) is 0.850. The number of hydrogen-bond donors (Lipinski definition) is 1. The summed E-state index contributed by atoms with van der Waals surface area (Å²) < 4.78 is 7.91. The molecule has 0 aliphatic carbocycles. The summed E-state index contributed by atoms with van der Waals surface area (Å²) in [6, 6.07) is 0. The minimum Gasteiger partial charge on any atom is -0.378 e. The smallest absolute Gasteiger partial charge is 0.110 e. The highest BCUT2D eigenvalue weighted by Gasteiger charge is 2.21. The molecule has 0 bridgehead atoms. The van der Waals surface area contributed by atoms with Crippen LogP contribution in [0.25, 0.3) is 0 Å². The highest BCUT2D eigenvalue weighted by atomic mass is 16.5. The standard InChI is InChI=1S/C13H21N3O/c14-12-5-3-6-13-15-10(9-16(12)13)8-11-4-1-2-7-17-11/h9,11-12H,1-8,14H2. The molecule has 0 spiro atoms. The average Bonchev–Trinajstić information content (AvgIpc) is 2.74. The maximum absolute atomic E-state index is 6.08. The van der Waals surface area contributed by atoms with E-state index >= 15 is 0 Å². The molecule has 2 N–H and O–H groups in total. The second kappa shape index (κ2) is 4.78. The summed E-state index contributed by atoms with van der Waals surface area (Å²) >= 11 is 0. The SMILES string of the molecule is NC1CCCc2nc(CC3CCCCO3)cn21. The fourth-order valence-corrected chi connectivity index (χ4v) is 2.87. The number of ether oxygens (including phenoxy) is 1. The van der Waals surface area contributed by atoms with Crippen molar-refractivity contribution in [3.8, 4) is 0 Å². The van der Waals surface area contributed by atoms with Crippen molar-refractivity contribution in [2.75, 3.05) is 6.61 Å². The van der Waals surface area contributed by atoms with E-state index in [1.165, 1.54) is 19.3 Å². The molecule has 3 rings (SSSR count). The highest BCUT2D eigenvalue weighted by molar-refractivity contribution is 5.09. The summed E-state index contributed by atoms with van der Waals surface area (Å²) in [5.41, 5.74) is 7.24. The van der Waals surface area contributed by atoms with E-state index in [0.29, 0.717) is 6.10 Å². The van der Waals surface area contributed by atoms with E-state index in [0.717, 1.165) is 43.8 Å². The molecular formula is C13H21N3O. The zero-order valence-electron chi connectivity index (χ0n) is 10.3. The predicted octanol–water partition coefficient (Wildman–Crippen LogP) is 1.79. The van der Waals surface area contributed by atoms with Crippen LogP contribution in [0.2, 0.25) is 0 Å². The fourth-order valence-electron chi connectivity index (χ4n) is 2.87. The Kier molecular flexibility index (Phi) is 3.16. The Morgan fingerprint density at radius 3 is 3.06 bits per heavy atom. The zero-order chi connectivity index (χ0) is 11.7. The van der Waals surface area contributed by atoms with Gasteiger partial charge in [-0.3, -0.25) is 0 Å². The van der Waals surface area contributed by atoms with Gasteiger partial charge >= 0.3 is 0 Å². The minimum absolute atomic E-state index is 0.132. The van der Waals surface area contributed by atoms with E-state index in [1.54, 1.807) is 0 Å². The molecule has 1 aromatic rings. The summed E-state index contributed by atoms with van der Waals surface area (Å²) in [4.78, 5) is 4.70. The molecule has 0 aromatic carbocycles. The Morgan fingerprint density at radius 2 is 2.29 bits per heavy atom. The molecule has 2 aliphatic rings. The first-order chi connectivity index (χ1) is 8.33. The minimum atomic E-state index is 0.132. The van der Waals surface area contributed by atoms with Crippen LogP contribution in [0.3, 0.4) is 0 Å². The normalized spacial score (nSPS) is 29.0. The van der Waals surface area contributed by atoms with E-state index in [2.05, 4.69) is 10.8 Å². The lowest BCUT2D eigenvalue weighted by molar-refractivity contribution is 0.0163. The van der Waals surface area contributed by atoms with Crippen LogP contribution in [0, 0.1) is 0 Å². The van der Waals surface area contributed by atoms with Crippen LogP contribution in [0.5, 0.6) is 0 Å². The van der Waals surface area contributed by atoms with Gasteiger partial charge in [0.1, 0.15) is 5.82 Å². The molecule has 3 heterocycles. The van der Waals surface area contributed by atoms with Crippen molar-refractivity contribution >= 4 is 0 Å². The summed E-state index contributed by atoms with van der Waals surface area (Å²) in [5.74, 6) is 1.16. The van der Waals surface area contributed by atoms with Gasteiger partial charge < -0.3 is 15.0 Å². The third-order valence-corrected chi connectivity index (χ3v) is 3.83. The average molecular weight is 235 g/mol. The van der Waals surface area contributed by atoms with Gasteiger partial charge in [0.25, 0.3) is 0 Å². The van der Waals surface area contributed by atoms with E-state index in [9.17, 15) is 0 Å². The van der Waals surface area contributed by atoms with Gasteiger partial charge in [-0.25, -0.2) is 4.98 Å². The van der Waals surface area contributed by atoms with Crippen LogP contribution >= 0.6 is 0 Å². The molecular weight excluding hydrogens is 214 g/mol. The third kappa shape index (κ3) is 2.38. The van der Waals surface area contributed by atoms with Crippen LogP contribution in [-0.2, 0) is 17.6 Å². The molecule has 1 fully saturated rings. The summed E-state index contributed by atoms with van der Waals surface area (Å²) in [6.07, 6.45) is 10.6. The maximum Gasteiger partial charge on any atom is 0.110 e. The maximum atomic E-state index is 6.08. The lowest BCUT2D eigenvalue weighted by atomic mass is 10.1. The molecule has 2 atom stereocenters. The number of aromatic nitrogens is 2. The van der Waals surface area contributed by atoms with Crippen molar-refractivity contribution in [3.05, 3.63) is 17.7 Å². The van der Waals surface area contributed by atoms with Gasteiger partial charge in [0.2, 0.25) is 0 Å². The van der Waals surface area contributed by atoms with Crippen LogP contribution in [0.15, 0.2) is 6.20 Å². The van der Waals surface area contributed by atoms with Gasteiger partial charge in [-0.1, -0.05) is 0 Å². The van der Waals surface area contributed by atoms with Gasteiger partial charge in [0.05, 0.1) is 18.0 Å². The summed E-state index contributed by atoms with van der Waals surface area (Å²) in [5, 5.41) is 0. The molecule has 1 saturated heterocycles. The first kappa shape index (κ1) is 11.2. The van der Waals surface area contributed by atoms with E-state index in [-0.39, 0.29) is 6.17 Å². The first-order valence-corrected chi connectivity index (χ1v) is 6.77. The Balaban J connectivity index is 1.71. The Bertz CT molecular complexity index is 382. The number of rotatable bonds is 2. The van der Waals surface area contributed by atoms with Crippen molar-refractivity contribution in [1.29, 1.82) is 0 Å². The summed E-state index contributed by atoms with van der Waals surface area (Å²) in [6.45, 7) is 0.914. The number of fused-ring (bicyclic) bond motifs is 1. The molecule has 4 heteroatoms. The van der Waals surface area contributed by atoms with E-state index in [4.69, 9.17) is 15.5 Å². The van der Waals surface area contributed by atoms with Crippen molar-refractivity contribution in [2.45, 2.75) is 57.2 Å². The molecule has 17 heavy (non-hydrogen) atoms. The van der Waals surface area contributed by atoms with Gasteiger partial charge in [0.15, 0.2) is 0 Å². The Morgan fingerprint density at radius 1 is 1.35 bits per heavy atom. The molecule has 2 unspecified atom stereocenters. The van der Waals surface area contributed by atoms with Crippen molar-refractivity contribution < 1.29 is 4.74 Å². The molecule has 4 nitrogen and oxygen atoms in total. The van der Waals surface area contributed by atoms with Gasteiger partial charge in [-0.15, -0.1) is 0 Å². The Hall–Kier alpha value is -0.870. The van der Waals surface area contributed by atoms with Crippen LogP contribution in [-0.4, -0.2) is 22.3 Å². The van der Waals surface area contributed by atoms with Crippen molar-refractivity contribution in [2.24, 2.45) is 5.73 Å². The van der Waals surface area contributed by atoms with Gasteiger partial charge in [-0.2, -0.15) is 0 Å². The van der Waals surface area contributed by atoms with Crippen LogP contribution in [0.1, 0.15) is 49.8 Å². The number of imidazole rings is 1. The molecule has 2 aliphatic heterocycles. The first-order valence-electron chi connectivity index (χ1n) is 6.77. The van der Waals surface area contributed by atoms with E-state index < -0.39 is 0 Å². The number of nitrogens with two attached hydrogens (primary N) is 1. The topological polar surface area (TPSA) is 53.1 Å². The van der Waals surface area contributed by atoms with Gasteiger partial charge in [-0.05, 0) is 32.1 Å². The molecule has 0 saturated carbocycles. The monoisotopic (exact) mass is 235 g/mol. The third-order valence-electron chi connectivity index (χ3n) is 3.83. The Labute approximate surface area is 102 Å². The molecule has 0 amide bonds. The zero-order valence-corrected chi connectivity index (χ0v) is 10.3. The number of aryl methyl sites for hydroxylation is 1. The largest absolute Gasteiger partial charge is 0.378 e. The highest BCUT2D eigenvalue weighted by Crippen LogP contribution is 2.23. The second-order valence-corrected chi connectivity index (χ2v) is 5.21. The lowest BCUT2D eigenvalue weighted by Crippen LogP contribution is -2.24. The summed E-state index contributed by atoms with van der Waals surface area (Å²) in [7, 11) is 0. The van der Waals surface area contributed by atoms with Crippen LogP contribution < -0.4 is 5.73 Å². The molecule has 1 aromatic heterocycles. The van der Waals surface area contributed by atoms with Crippen molar-refractivity contribution in [1.82, 2.24) is 9.55 Å². The second-order valence-electron chi connectivity index (χ2n) is 5.21. The van der Waals surface area contributed by atoms with Crippen LogP contribution in [0.4, 0.5) is 0 Å². The lowest BCUT2D eigenvalue weighted by Gasteiger charge is -2.21. The predicted molar refractivity (Wildman–Crippen MR) is 65.7 cm³/mol. The fraction of sp³-hybridized carbons (Fsp3) is 0.769. The number of nitrogens with zero attached hydrogens (tertiary/aromatic N) is 2. The number of hydrogen-bond acceptors (Lipinski definition) is 3. The van der Waals surface area contributed by atoms with E-state index in [1.807, 2.05) is 0 Å². The molecule has 94 valence electrons. The molecule has 0 radical (unpaired) electrons. The van der Waals surface area contributed by atoms with Gasteiger partial charge in [0, 0.05) is 25.6 Å². The van der Waals surface area contributed by atoms with Crippen molar-refractivity contribution in [3.63, 3.8) is 0 Å².